The Balaban J connectivity index is 3.37. The molecule has 0 aromatic rings. The lowest BCUT2D eigenvalue weighted by Gasteiger charge is -2.15. The molecule has 0 aromatic carbocycles. The van der Waals surface area contributed by atoms with Crippen LogP contribution >= 0.6 is 0 Å². The maximum atomic E-state index is 12.3. The molecule has 0 bridgehead atoms. The van der Waals surface area contributed by atoms with Crippen LogP contribution < -0.4 is 0 Å². The van der Waals surface area contributed by atoms with Crippen LogP contribution in [0.2, 0.25) is 0 Å². The van der Waals surface area contributed by atoms with Crippen LogP contribution in [-0.4, -0.2) is 36.4 Å². The summed E-state index contributed by atoms with van der Waals surface area (Å²) in [5, 5.41) is 9.60. The smallest absolute Gasteiger partial charge is 0.306 e. The van der Waals surface area contributed by atoms with E-state index in [-0.39, 0.29) is 25.2 Å². The van der Waals surface area contributed by atoms with Crippen LogP contribution in [0.4, 0.5) is 0 Å². The third-order valence-corrected chi connectivity index (χ3v) is 12.5. The largest absolute Gasteiger partial charge is 0.462 e. The quantitative estimate of drug-likeness (QED) is 0.0375. The average molecular weight is 859 g/mol. The van der Waals surface area contributed by atoms with Crippen molar-refractivity contribution in [2.45, 2.75) is 309 Å². The number of unbranched alkanes of at least 4 members (excludes halogenated alkanes) is 39. The lowest BCUT2D eigenvalue weighted by molar-refractivity contribution is -0.161. The number of allylic oxidation sites excluding steroid dienone is 4. The number of carbonyl (C=O) groups excluding carboxylic acids is 2. The summed E-state index contributed by atoms with van der Waals surface area (Å²) in [5.74, 6) is -0.573. The van der Waals surface area contributed by atoms with Crippen molar-refractivity contribution in [2.24, 2.45) is 0 Å². The van der Waals surface area contributed by atoms with Gasteiger partial charge in [0.1, 0.15) is 6.61 Å². The van der Waals surface area contributed by atoms with E-state index in [0.717, 1.165) is 38.5 Å². The predicted molar refractivity (Wildman–Crippen MR) is 265 cm³/mol. The molecule has 0 aliphatic rings. The molecule has 1 N–H and O–H groups in total. The summed E-state index contributed by atoms with van der Waals surface area (Å²) >= 11 is 0. The second-order valence-electron chi connectivity index (χ2n) is 18.7. The lowest BCUT2D eigenvalue weighted by Crippen LogP contribution is -2.28. The minimum absolute atomic E-state index is 0.0585. The first-order valence-electron chi connectivity index (χ1n) is 27.4. The molecule has 0 rings (SSSR count). The van der Waals surface area contributed by atoms with Crippen LogP contribution in [0.25, 0.3) is 0 Å². The van der Waals surface area contributed by atoms with E-state index in [1.54, 1.807) is 0 Å². The number of ether oxygens (including phenoxy) is 2. The number of carbonyl (C=O) groups is 2. The van der Waals surface area contributed by atoms with Gasteiger partial charge in [-0.15, -0.1) is 0 Å². The summed E-state index contributed by atoms with van der Waals surface area (Å²) < 4.78 is 10.7. The highest BCUT2D eigenvalue weighted by molar-refractivity contribution is 5.70. The Bertz CT molecular complexity index is 928. The molecule has 5 nitrogen and oxygen atoms in total. The van der Waals surface area contributed by atoms with Gasteiger partial charge in [0.2, 0.25) is 0 Å². The minimum atomic E-state index is -0.765. The van der Waals surface area contributed by atoms with Gasteiger partial charge in [-0.1, -0.05) is 269 Å². The van der Waals surface area contributed by atoms with Gasteiger partial charge in [-0.05, 0) is 44.9 Å². The molecular formula is C56H106O5. The standard InChI is InChI=1S/C56H106O5/c1-3-5-7-9-11-13-15-17-18-19-20-21-22-23-24-25-26-27-28-29-30-31-32-33-34-35-36-37-38-39-41-43-45-47-49-51-56(59)61-54(52-57)53-60-55(58)50-48-46-44-42-40-16-14-12-10-8-6-4-2/h15,17,19-20,54,57H,3-14,16,18,21-53H2,1-2H3/b17-15-,20-19-. The third-order valence-electron chi connectivity index (χ3n) is 12.5. The van der Waals surface area contributed by atoms with Gasteiger partial charge in [0.25, 0.3) is 0 Å². The Morgan fingerprint density at radius 3 is 0.967 bits per heavy atom. The van der Waals surface area contributed by atoms with Crippen molar-refractivity contribution in [3.05, 3.63) is 24.3 Å². The predicted octanol–water partition coefficient (Wildman–Crippen LogP) is 18.1. The first-order chi connectivity index (χ1) is 30.1. The number of hydrogen-bond acceptors (Lipinski definition) is 5. The van der Waals surface area contributed by atoms with Crippen LogP contribution in [0.5, 0.6) is 0 Å². The molecule has 360 valence electrons. The maximum absolute atomic E-state index is 12.3. The van der Waals surface area contributed by atoms with Crippen LogP contribution in [0.3, 0.4) is 0 Å². The Morgan fingerprint density at radius 2 is 0.656 bits per heavy atom. The van der Waals surface area contributed by atoms with Gasteiger partial charge in [0.15, 0.2) is 6.10 Å². The van der Waals surface area contributed by atoms with Gasteiger partial charge in [0, 0.05) is 12.8 Å². The fraction of sp³-hybridized carbons (Fsp3) is 0.893. The first kappa shape index (κ1) is 59.4. The van der Waals surface area contributed by atoms with E-state index in [0.29, 0.717) is 12.8 Å². The molecule has 0 amide bonds. The Labute approximate surface area is 381 Å². The van der Waals surface area contributed by atoms with Crippen LogP contribution in [-0.2, 0) is 19.1 Å². The zero-order valence-electron chi connectivity index (χ0n) is 41.2. The molecule has 1 atom stereocenters. The number of esters is 2. The normalized spacial score (nSPS) is 12.2. The van der Waals surface area contributed by atoms with Gasteiger partial charge in [-0.2, -0.15) is 0 Å². The molecule has 0 saturated heterocycles. The van der Waals surface area contributed by atoms with Gasteiger partial charge in [0.05, 0.1) is 6.61 Å². The molecule has 61 heavy (non-hydrogen) atoms. The monoisotopic (exact) mass is 859 g/mol. The first-order valence-corrected chi connectivity index (χ1v) is 27.4. The Morgan fingerprint density at radius 1 is 0.377 bits per heavy atom. The average Bonchev–Trinajstić information content (AvgIpc) is 3.26. The van der Waals surface area contributed by atoms with Crippen molar-refractivity contribution < 1.29 is 24.2 Å². The van der Waals surface area contributed by atoms with Crippen molar-refractivity contribution >= 4 is 11.9 Å². The molecule has 0 aromatic heterocycles. The van der Waals surface area contributed by atoms with E-state index in [1.807, 2.05) is 0 Å². The van der Waals surface area contributed by atoms with E-state index < -0.39 is 6.10 Å². The molecular weight excluding hydrogens is 753 g/mol. The highest BCUT2D eigenvalue weighted by Crippen LogP contribution is 2.17. The van der Waals surface area contributed by atoms with Crippen molar-refractivity contribution in [1.82, 2.24) is 0 Å². The number of hydrogen-bond donors (Lipinski definition) is 1. The van der Waals surface area contributed by atoms with E-state index in [1.165, 1.54) is 238 Å². The molecule has 0 aliphatic heterocycles. The molecule has 0 aliphatic carbocycles. The van der Waals surface area contributed by atoms with Crippen LogP contribution in [0.15, 0.2) is 24.3 Å². The highest BCUT2D eigenvalue weighted by Gasteiger charge is 2.16. The van der Waals surface area contributed by atoms with Gasteiger partial charge < -0.3 is 14.6 Å². The molecule has 0 fully saturated rings. The molecule has 0 saturated carbocycles. The summed E-state index contributed by atoms with van der Waals surface area (Å²) in [6, 6.07) is 0. The zero-order valence-corrected chi connectivity index (χ0v) is 41.2. The fourth-order valence-electron chi connectivity index (χ4n) is 8.35. The van der Waals surface area contributed by atoms with Crippen LogP contribution in [0, 0.1) is 0 Å². The molecule has 0 radical (unpaired) electrons. The van der Waals surface area contributed by atoms with E-state index >= 15 is 0 Å². The number of aliphatic hydroxyl groups excluding tert-OH is 1. The van der Waals surface area contributed by atoms with Crippen molar-refractivity contribution in [3.8, 4) is 0 Å². The van der Waals surface area contributed by atoms with Gasteiger partial charge in [-0.25, -0.2) is 0 Å². The minimum Gasteiger partial charge on any atom is -0.462 e. The summed E-state index contributed by atoms with van der Waals surface area (Å²) in [6.07, 6.45) is 65.9. The van der Waals surface area contributed by atoms with Gasteiger partial charge in [-0.3, -0.25) is 9.59 Å². The highest BCUT2D eigenvalue weighted by atomic mass is 16.6. The van der Waals surface area contributed by atoms with Gasteiger partial charge >= 0.3 is 11.9 Å². The van der Waals surface area contributed by atoms with E-state index in [2.05, 4.69) is 38.2 Å². The van der Waals surface area contributed by atoms with Crippen molar-refractivity contribution in [2.75, 3.05) is 13.2 Å². The summed E-state index contributed by atoms with van der Waals surface area (Å²) in [4.78, 5) is 24.4. The Kier molecular flexibility index (Phi) is 51.3. The van der Waals surface area contributed by atoms with Crippen molar-refractivity contribution in [3.63, 3.8) is 0 Å². The maximum Gasteiger partial charge on any atom is 0.306 e. The third kappa shape index (κ3) is 50.9. The molecule has 0 spiro atoms. The molecule has 0 heterocycles. The number of aliphatic hydroxyl groups is 1. The summed E-state index contributed by atoms with van der Waals surface area (Å²) in [6.45, 7) is 4.16. The fourth-order valence-corrected chi connectivity index (χ4v) is 8.35. The number of rotatable bonds is 51. The second kappa shape index (κ2) is 52.7. The Hall–Kier alpha value is -1.62. The SMILES string of the molecule is CCCCCCC/C=C\C/C=C\CCCCCCCCCCCCCCCCCCCCCCCCCC(=O)OC(CO)COC(=O)CCCCCCCCCCCCCC. The topological polar surface area (TPSA) is 72.8 Å². The second-order valence-corrected chi connectivity index (χ2v) is 18.7. The van der Waals surface area contributed by atoms with Crippen LogP contribution in [0.1, 0.15) is 303 Å². The summed E-state index contributed by atoms with van der Waals surface area (Å²) in [7, 11) is 0. The lowest BCUT2D eigenvalue weighted by atomic mass is 10.0. The molecule has 5 heteroatoms. The van der Waals surface area contributed by atoms with E-state index in [4.69, 9.17) is 9.47 Å². The zero-order chi connectivity index (χ0) is 44.2. The summed E-state index contributed by atoms with van der Waals surface area (Å²) in [5.41, 5.74) is 0. The van der Waals surface area contributed by atoms with Crippen molar-refractivity contribution in [1.29, 1.82) is 0 Å². The molecule has 1 unspecified atom stereocenters. The van der Waals surface area contributed by atoms with E-state index in [9.17, 15) is 14.7 Å².